The molecule has 0 aliphatic rings. The van der Waals surface area contributed by atoms with E-state index in [0.717, 1.165) is 18.1 Å². The van der Waals surface area contributed by atoms with Crippen molar-refractivity contribution in [2.24, 2.45) is 0 Å². The Morgan fingerprint density at radius 1 is 1.25 bits per heavy atom. The van der Waals surface area contributed by atoms with E-state index in [1.54, 1.807) is 11.3 Å². The maximum absolute atomic E-state index is 5.92. The number of halogens is 1. The summed E-state index contributed by atoms with van der Waals surface area (Å²) in [5, 5.41) is 6.35. The molecular formula is C13H14ClNS. The molecule has 2 aromatic rings. The van der Waals surface area contributed by atoms with Gasteiger partial charge in [-0.25, -0.2) is 0 Å². The van der Waals surface area contributed by atoms with Crippen molar-refractivity contribution in [3.05, 3.63) is 56.7 Å². The topological polar surface area (TPSA) is 12.0 Å². The van der Waals surface area contributed by atoms with E-state index in [-0.39, 0.29) is 0 Å². The fourth-order valence-corrected chi connectivity index (χ4v) is 2.64. The molecule has 0 saturated carbocycles. The van der Waals surface area contributed by atoms with Crippen molar-refractivity contribution in [2.75, 3.05) is 0 Å². The smallest absolute Gasteiger partial charge is 0.0409 e. The number of rotatable bonds is 4. The molecule has 0 unspecified atom stereocenters. The molecule has 84 valence electrons. The molecule has 0 aliphatic carbocycles. The molecule has 0 bridgehead atoms. The molecule has 1 aromatic carbocycles. The summed E-state index contributed by atoms with van der Waals surface area (Å²) in [5.41, 5.74) is 2.59. The average molecular weight is 252 g/mol. The first-order chi connectivity index (χ1) is 7.75. The van der Waals surface area contributed by atoms with Gasteiger partial charge in [-0.15, -0.1) is 11.3 Å². The number of nitrogens with one attached hydrogen (secondary N) is 1. The van der Waals surface area contributed by atoms with Gasteiger partial charge in [-0.05, 0) is 41.6 Å². The average Bonchev–Trinajstić information content (AvgIpc) is 2.65. The molecule has 0 aliphatic heterocycles. The van der Waals surface area contributed by atoms with Gasteiger partial charge < -0.3 is 5.32 Å². The van der Waals surface area contributed by atoms with Gasteiger partial charge in [-0.2, -0.15) is 0 Å². The van der Waals surface area contributed by atoms with Gasteiger partial charge >= 0.3 is 0 Å². The second kappa shape index (κ2) is 5.48. The standard InChI is InChI=1S/C13H14ClNS/c1-10-5-6-16-13(10)9-15-8-11-3-2-4-12(14)7-11/h2-7,15H,8-9H2,1H3. The zero-order chi connectivity index (χ0) is 11.4. The predicted octanol–water partition coefficient (Wildman–Crippen LogP) is 4.00. The van der Waals surface area contributed by atoms with Gasteiger partial charge in [-0.3, -0.25) is 0 Å². The molecule has 0 fully saturated rings. The monoisotopic (exact) mass is 251 g/mol. The molecule has 16 heavy (non-hydrogen) atoms. The number of hydrogen-bond donors (Lipinski definition) is 1. The van der Waals surface area contributed by atoms with Crippen LogP contribution in [0.1, 0.15) is 16.0 Å². The maximum atomic E-state index is 5.92. The third-order valence-corrected chi connectivity index (χ3v) is 3.73. The van der Waals surface area contributed by atoms with Gasteiger partial charge in [-0.1, -0.05) is 23.7 Å². The Balaban J connectivity index is 1.87. The van der Waals surface area contributed by atoms with Gasteiger partial charge in [0.15, 0.2) is 0 Å². The normalized spacial score (nSPS) is 10.6. The van der Waals surface area contributed by atoms with Crippen LogP contribution in [0.2, 0.25) is 5.02 Å². The zero-order valence-electron chi connectivity index (χ0n) is 9.16. The van der Waals surface area contributed by atoms with Gasteiger partial charge in [0, 0.05) is 23.0 Å². The van der Waals surface area contributed by atoms with Crippen molar-refractivity contribution < 1.29 is 0 Å². The third kappa shape index (κ3) is 3.08. The van der Waals surface area contributed by atoms with Gasteiger partial charge in [0.1, 0.15) is 0 Å². The molecule has 0 spiro atoms. The molecule has 1 aromatic heterocycles. The maximum Gasteiger partial charge on any atom is 0.0409 e. The van der Waals surface area contributed by atoms with Crippen molar-refractivity contribution in [3.8, 4) is 0 Å². The van der Waals surface area contributed by atoms with Gasteiger partial charge in [0.2, 0.25) is 0 Å². The number of aryl methyl sites for hydroxylation is 1. The Bertz CT molecular complexity index is 464. The number of thiophene rings is 1. The van der Waals surface area contributed by atoms with E-state index >= 15 is 0 Å². The highest BCUT2D eigenvalue weighted by Gasteiger charge is 1.99. The van der Waals surface area contributed by atoms with Crippen molar-refractivity contribution >= 4 is 22.9 Å². The van der Waals surface area contributed by atoms with E-state index in [0.29, 0.717) is 0 Å². The van der Waals surface area contributed by atoms with Crippen LogP contribution in [0.3, 0.4) is 0 Å². The van der Waals surface area contributed by atoms with Crippen LogP contribution in [-0.2, 0) is 13.1 Å². The van der Waals surface area contributed by atoms with E-state index in [4.69, 9.17) is 11.6 Å². The summed E-state index contributed by atoms with van der Waals surface area (Å²) in [6.45, 7) is 3.93. The molecule has 0 amide bonds. The molecule has 0 radical (unpaired) electrons. The van der Waals surface area contributed by atoms with Crippen LogP contribution >= 0.6 is 22.9 Å². The quantitative estimate of drug-likeness (QED) is 0.866. The van der Waals surface area contributed by atoms with Crippen LogP contribution in [0, 0.1) is 6.92 Å². The summed E-state index contributed by atoms with van der Waals surface area (Å²) < 4.78 is 0. The molecule has 2 rings (SSSR count). The number of hydrogen-bond acceptors (Lipinski definition) is 2. The largest absolute Gasteiger partial charge is 0.308 e. The highest BCUT2D eigenvalue weighted by atomic mass is 35.5. The van der Waals surface area contributed by atoms with Crippen molar-refractivity contribution in [2.45, 2.75) is 20.0 Å². The lowest BCUT2D eigenvalue weighted by atomic mass is 10.2. The first-order valence-electron chi connectivity index (χ1n) is 5.24. The second-order valence-electron chi connectivity index (χ2n) is 3.76. The molecule has 1 N–H and O–H groups in total. The summed E-state index contributed by atoms with van der Waals surface area (Å²) in [7, 11) is 0. The number of benzene rings is 1. The van der Waals surface area contributed by atoms with Crippen LogP contribution < -0.4 is 5.32 Å². The Labute approximate surface area is 105 Å². The molecule has 1 nitrogen and oxygen atoms in total. The minimum absolute atomic E-state index is 0.798. The minimum Gasteiger partial charge on any atom is -0.308 e. The van der Waals surface area contributed by atoms with Crippen LogP contribution in [0.25, 0.3) is 0 Å². The Kier molecular flexibility index (Phi) is 3.99. The van der Waals surface area contributed by atoms with Crippen molar-refractivity contribution in [1.82, 2.24) is 5.32 Å². The predicted molar refractivity (Wildman–Crippen MR) is 71.1 cm³/mol. The highest BCUT2D eigenvalue weighted by Crippen LogP contribution is 2.15. The summed E-state index contributed by atoms with van der Waals surface area (Å²) in [6, 6.07) is 10.1. The fourth-order valence-electron chi connectivity index (χ4n) is 1.55. The second-order valence-corrected chi connectivity index (χ2v) is 5.20. The lowest BCUT2D eigenvalue weighted by Crippen LogP contribution is -2.12. The van der Waals surface area contributed by atoms with Crippen molar-refractivity contribution in [1.29, 1.82) is 0 Å². The summed E-state index contributed by atoms with van der Waals surface area (Å²) in [5.74, 6) is 0. The van der Waals surface area contributed by atoms with E-state index in [1.165, 1.54) is 16.0 Å². The first-order valence-corrected chi connectivity index (χ1v) is 6.49. The van der Waals surface area contributed by atoms with E-state index in [9.17, 15) is 0 Å². The highest BCUT2D eigenvalue weighted by molar-refractivity contribution is 7.10. The zero-order valence-corrected chi connectivity index (χ0v) is 10.7. The SMILES string of the molecule is Cc1ccsc1CNCc1cccc(Cl)c1. The Morgan fingerprint density at radius 3 is 2.81 bits per heavy atom. The molecule has 0 saturated heterocycles. The summed E-state index contributed by atoms with van der Waals surface area (Å²) in [4.78, 5) is 1.40. The van der Waals surface area contributed by atoms with Gasteiger partial charge in [0.05, 0.1) is 0 Å². The van der Waals surface area contributed by atoms with Crippen molar-refractivity contribution in [3.63, 3.8) is 0 Å². The first kappa shape index (κ1) is 11.6. The van der Waals surface area contributed by atoms with Crippen LogP contribution in [0.5, 0.6) is 0 Å². The molecule has 1 heterocycles. The van der Waals surface area contributed by atoms with E-state index < -0.39 is 0 Å². The summed E-state index contributed by atoms with van der Waals surface area (Å²) in [6.07, 6.45) is 0. The van der Waals surface area contributed by atoms with E-state index in [1.807, 2.05) is 18.2 Å². The minimum atomic E-state index is 0.798. The van der Waals surface area contributed by atoms with Crippen LogP contribution in [0.4, 0.5) is 0 Å². The Hall–Kier alpha value is -0.830. The molecule has 0 atom stereocenters. The third-order valence-electron chi connectivity index (χ3n) is 2.47. The van der Waals surface area contributed by atoms with Crippen LogP contribution in [0.15, 0.2) is 35.7 Å². The fraction of sp³-hybridized carbons (Fsp3) is 0.231. The van der Waals surface area contributed by atoms with Crippen LogP contribution in [-0.4, -0.2) is 0 Å². The lowest BCUT2D eigenvalue weighted by molar-refractivity contribution is 0.699. The molecular weight excluding hydrogens is 238 g/mol. The summed E-state index contributed by atoms with van der Waals surface area (Å²) >= 11 is 7.72. The van der Waals surface area contributed by atoms with Gasteiger partial charge in [0.25, 0.3) is 0 Å². The molecule has 3 heteroatoms. The van der Waals surface area contributed by atoms with E-state index in [2.05, 4.69) is 29.8 Å². The lowest BCUT2D eigenvalue weighted by Gasteiger charge is -2.04. The Morgan fingerprint density at radius 2 is 2.12 bits per heavy atom.